The molecule has 0 bridgehead atoms. The van der Waals surface area contributed by atoms with Crippen LogP contribution in [-0.2, 0) is 19.1 Å². The molecule has 2 amide bonds. The van der Waals surface area contributed by atoms with Crippen LogP contribution in [0.25, 0.3) is 0 Å². The second-order valence-electron chi connectivity index (χ2n) is 4.99. The van der Waals surface area contributed by atoms with E-state index >= 15 is 0 Å². The van der Waals surface area contributed by atoms with E-state index in [0.717, 1.165) is 0 Å². The molecule has 1 aliphatic heterocycles. The average molecular weight is 318 g/mol. The maximum atomic E-state index is 11.8. The van der Waals surface area contributed by atoms with Crippen LogP contribution in [-0.4, -0.2) is 72.1 Å². The number of carboxylic acid groups (broad SMARTS) is 1. The summed E-state index contributed by atoms with van der Waals surface area (Å²) in [6.45, 7) is 4.46. The Labute approximate surface area is 128 Å². The molecule has 2 N–H and O–H groups in total. The molecule has 0 aromatic heterocycles. The highest BCUT2D eigenvalue weighted by Crippen LogP contribution is 2.05. The molecule has 21 heavy (non-hydrogen) atoms. The Balaban J connectivity index is 2.09. The fourth-order valence-corrected chi connectivity index (χ4v) is 2.59. The van der Waals surface area contributed by atoms with Gasteiger partial charge in [-0.05, 0) is 5.92 Å². The molecule has 1 fully saturated rings. The first-order chi connectivity index (χ1) is 9.99. The lowest BCUT2D eigenvalue weighted by Crippen LogP contribution is -2.41. The highest BCUT2D eigenvalue weighted by Gasteiger charge is 2.17. The largest absolute Gasteiger partial charge is 0.481 e. The number of carboxylic acids is 1. The van der Waals surface area contributed by atoms with E-state index in [9.17, 15) is 14.4 Å². The highest BCUT2D eigenvalue weighted by atomic mass is 32.2. The maximum Gasteiger partial charge on any atom is 0.303 e. The summed E-state index contributed by atoms with van der Waals surface area (Å²) in [5, 5.41) is 11.3. The van der Waals surface area contributed by atoms with Crippen molar-refractivity contribution in [2.75, 3.05) is 44.4 Å². The fraction of sp³-hybridized carbons (Fsp3) is 0.769. The van der Waals surface area contributed by atoms with E-state index in [4.69, 9.17) is 9.84 Å². The van der Waals surface area contributed by atoms with Crippen molar-refractivity contribution in [3.63, 3.8) is 0 Å². The third-order valence-electron chi connectivity index (χ3n) is 2.99. The lowest BCUT2D eigenvalue weighted by molar-refractivity contribution is -0.138. The summed E-state index contributed by atoms with van der Waals surface area (Å²) in [6.07, 6.45) is 0.0307. The van der Waals surface area contributed by atoms with Gasteiger partial charge in [-0.15, -0.1) is 11.8 Å². The van der Waals surface area contributed by atoms with E-state index in [1.807, 2.05) is 0 Å². The third-order valence-corrected chi connectivity index (χ3v) is 3.91. The summed E-state index contributed by atoms with van der Waals surface area (Å²) in [7, 11) is 0. The van der Waals surface area contributed by atoms with Crippen molar-refractivity contribution in [3.05, 3.63) is 0 Å². The summed E-state index contributed by atoms with van der Waals surface area (Å²) >= 11 is 1.27. The van der Waals surface area contributed by atoms with Crippen LogP contribution in [0.2, 0.25) is 0 Å². The van der Waals surface area contributed by atoms with Crippen LogP contribution in [0.3, 0.4) is 0 Å². The van der Waals surface area contributed by atoms with E-state index in [1.165, 1.54) is 11.8 Å². The monoisotopic (exact) mass is 318 g/mol. The van der Waals surface area contributed by atoms with Crippen LogP contribution >= 0.6 is 11.8 Å². The van der Waals surface area contributed by atoms with Gasteiger partial charge in [0.2, 0.25) is 11.8 Å². The van der Waals surface area contributed by atoms with Gasteiger partial charge < -0.3 is 20.1 Å². The molecule has 0 radical (unpaired) electrons. The molecule has 7 nitrogen and oxygen atoms in total. The lowest BCUT2D eigenvalue weighted by Gasteiger charge is -2.26. The molecule has 1 rings (SSSR count). The van der Waals surface area contributed by atoms with Gasteiger partial charge in [-0.25, -0.2) is 0 Å². The molecule has 1 aliphatic rings. The van der Waals surface area contributed by atoms with E-state index < -0.39 is 5.97 Å². The smallest absolute Gasteiger partial charge is 0.303 e. The number of hydrogen-bond donors (Lipinski definition) is 2. The van der Waals surface area contributed by atoms with Crippen molar-refractivity contribution in [2.24, 2.45) is 5.92 Å². The number of hydrogen-bond acceptors (Lipinski definition) is 5. The van der Waals surface area contributed by atoms with Crippen LogP contribution in [0.15, 0.2) is 0 Å². The molecule has 1 heterocycles. The number of nitrogens with one attached hydrogen (secondary N) is 1. The number of thioether (sulfide) groups is 1. The first-order valence-corrected chi connectivity index (χ1v) is 8.06. The zero-order valence-corrected chi connectivity index (χ0v) is 13.0. The Kier molecular flexibility index (Phi) is 8.14. The summed E-state index contributed by atoms with van der Waals surface area (Å²) < 4.78 is 5.17. The third kappa shape index (κ3) is 7.91. The Morgan fingerprint density at radius 3 is 2.57 bits per heavy atom. The number of carbonyl (C=O) groups excluding carboxylic acids is 2. The number of amides is 2. The second-order valence-corrected chi connectivity index (χ2v) is 5.98. The number of nitrogens with zero attached hydrogens (tertiary/aromatic N) is 1. The molecule has 0 saturated carbocycles. The van der Waals surface area contributed by atoms with Crippen molar-refractivity contribution < 1.29 is 24.2 Å². The number of carbonyl (C=O) groups is 3. The molecular weight excluding hydrogens is 296 g/mol. The quantitative estimate of drug-likeness (QED) is 0.644. The second kappa shape index (κ2) is 9.62. The minimum absolute atomic E-state index is 0.0235. The number of ether oxygens (including phenoxy) is 1. The topological polar surface area (TPSA) is 95.9 Å². The van der Waals surface area contributed by atoms with Gasteiger partial charge >= 0.3 is 5.97 Å². The summed E-state index contributed by atoms with van der Waals surface area (Å²) in [6, 6.07) is 0. The standard InChI is InChI=1S/C13H22N2O5S/c1-10(6-13(18)19)7-14-11(16)8-21-9-12(17)15-2-4-20-5-3-15/h10H,2-9H2,1H3,(H,14,16)(H,18,19). The Morgan fingerprint density at radius 1 is 1.29 bits per heavy atom. The van der Waals surface area contributed by atoms with Crippen molar-refractivity contribution in [1.82, 2.24) is 10.2 Å². The van der Waals surface area contributed by atoms with Crippen LogP contribution < -0.4 is 5.32 Å². The first-order valence-electron chi connectivity index (χ1n) is 6.90. The molecule has 0 aliphatic carbocycles. The molecule has 120 valence electrons. The summed E-state index contributed by atoms with van der Waals surface area (Å²) in [5.74, 6) is -0.649. The minimum Gasteiger partial charge on any atom is -0.481 e. The molecule has 8 heteroatoms. The Bertz CT molecular complexity index is 372. The molecule has 0 aromatic carbocycles. The van der Waals surface area contributed by atoms with Crippen LogP contribution in [0.5, 0.6) is 0 Å². The van der Waals surface area contributed by atoms with Gasteiger partial charge in [-0.3, -0.25) is 14.4 Å². The molecule has 1 saturated heterocycles. The maximum absolute atomic E-state index is 11.8. The van der Waals surface area contributed by atoms with Gasteiger partial charge in [0.25, 0.3) is 0 Å². The zero-order chi connectivity index (χ0) is 15.7. The predicted molar refractivity (Wildman–Crippen MR) is 79.2 cm³/mol. The predicted octanol–water partition coefficient (Wildman–Crippen LogP) is -0.195. The van der Waals surface area contributed by atoms with Gasteiger partial charge in [-0.2, -0.15) is 0 Å². The van der Waals surface area contributed by atoms with Gasteiger partial charge in [0, 0.05) is 26.1 Å². The van der Waals surface area contributed by atoms with Crippen LogP contribution in [0.4, 0.5) is 0 Å². The minimum atomic E-state index is -0.873. The Morgan fingerprint density at radius 2 is 1.95 bits per heavy atom. The van der Waals surface area contributed by atoms with Crippen LogP contribution in [0.1, 0.15) is 13.3 Å². The number of aliphatic carboxylic acids is 1. The van der Waals surface area contributed by atoms with E-state index in [0.29, 0.717) is 32.8 Å². The first kappa shape index (κ1) is 17.8. The molecule has 0 aromatic rings. The van der Waals surface area contributed by atoms with Crippen molar-refractivity contribution in [1.29, 1.82) is 0 Å². The fourth-order valence-electron chi connectivity index (χ4n) is 1.84. The van der Waals surface area contributed by atoms with E-state index in [2.05, 4.69) is 5.32 Å². The lowest BCUT2D eigenvalue weighted by atomic mass is 10.1. The van der Waals surface area contributed by atoms with Crippen molar-refractivity contribution >= 4 is 29.5 Å². The SMILES string of the molecule is CC(CNC(=O)CSCC(=O)N1CCOCC1)CC(=O)O. The Hall–Kier alpha value is -1.28. The normalized spacial score (nSPS) is 16.3. The van der Waals surface area contributed by atoms with Gasteiger partial charge in [0.15, 0.2) is 0 Å². The van der Waals surface area contributed by atoms with Crippen molar-refractivity contribution in [2.45, 2.75) is 13.3 Å². The van der Waals surface area contributed by atoms with Gasteiger partial charge in [-0.1, -0.05) is 6.92 Å². The van der Waals surface area contributed by atoms with Gasteiger partial charge in [0.1, 0.15) is 0 Å². The number of rotatable bonds is 8. The zero-order valence-electron chi connectivity index (χ0n) is 12.2. The molecule has 0 spiro atoms. The van der Waals surface area contributed by atoms with E-state index in [1.54, 1.807) is 11.8 Å². The average Bonchev–Trinajstić information content (AvgIpc) is 2.45. The highest BCUT2D eigenvalue weighted by molar-refractivity contribution is 8.00. The molecular formula is C13H22N2O5S. The number of morpholine rings is 1. The molecule has 1 unspecified atom stereocenters. The summed E-state index contributed by atoms with van der Waals surface area (Å²) in [4.78, 5) is 35.6. The molecule has 1 atom stereocenters. The van der Waals surface area contributed by atoms with Gasteiger partial charge in [0.05, 0.1) is 24.7 Å². The van der Waals surface area contributed by atoms with Crippen LogP contribution in [0, 0.1) is 5.92 Å². The van der Waals surface area contributed by atoms with E-state index in [-0.39, 0.29) is 35.7 Å². The summed E-state index contributed by atoms with van der Waals surface area (Å²) in [5.41, 5.74) is 0. The van der Waals surface area contributed by atoms with Crippen molar-refractivity contribution in [3.8, 4) is 0 Å².